The van der Waals surface area contributed by atoms with Crippen LogP contribution in [0.25, 0.3) is 0 Å². The first-order valence-electron chi connectivity index (χ1n) is 12.8. The van der Waals surface area contributed by atoms with Gasteiger partial charge in [0, 0.05) is 42.8 Å². The first-order valence-corrected chi connectivity index (χ1v) is 12.8. The van der Waals surface area contributed by atoms with Gasteiger partial charge in [-0.15, -0.1) is 0 Å². The van der Waals surface area contributed by atoms with Crippen LogP contribution in [0, 0.1) is 5.82 Å². The Morgan fingerprint density at radius 1 is 0.917 bits per heavy atom. The maximum absolute atomic E-state index is 13.3. The van der Waals surface area contributed by atoms with Gasteiger partial charge >= 0.3 is 0 Å². The molecule has 2 atom stereocenters. The van der Waals surface area contributed by atoms with Gasteiger partial charge in [0.15, 0.2) is 6.61 Å². The van der Waals surface area contributed by atoms with Crippen molar-refractivity contribution in [2.45, 2.75) is 84.8 Å². The first-order chi connectivity index (χ1) is 16.7. The summed E-state index contributed by atoms with van der Waals surface area (Å²) in [6.07, 6.45) is 0. The highest BCUT2D eigenvalue weighted by Crippen LogP contribution is 2.41. The number of carbonyl (C=O) groups excluding carboxylic acids is 1. The molecule has 2 unspecified atom stereocenters. The lowest BCUT2D eigenvalue weighted by molar-refractivity contribution is -0.139. The second kappa shape index (κ2) is 10.8. The van der Waals surface area contributed by atoms with Gasteiger partial charge in [-0.2, -0.15) is 0 Å². The number of amides is 1. The molecule has 0 aromatic heterocycles. The monoisotopic (exact) mass is 498 g/mol. The standard InChI is InChI=1S/C30H43FN2O3/c1-20-17-33(21(2)16-32(20)18-22-10-12-23(31)13-11-22)28(34)19-36-27-15-24(29(3,4)5)26(35-9)14-25(27)30(6,7)8/h10-15,20-21H,16-19H2,1-9H3. The molecule has 36 heavy (non-hydrogen) atoms. The number of rotatable bonds is 6. The van der Waals surface area contributed by atoms with E-state index in [0.29, 0.717) is 6.54 Å². The number of ether oxygens (including phenoxy) is 2. The lowest BCUT2D eigenvalue weighted by Gasteiger charge is -2.44. The highest BCUT2D eigenvalue weighted by molar-refractivity contribution is 5.78. The Morgan fingerprint density at radius 3 is 2.03 bits per heavy atom. The van der Waals surface area contributed by atoms with Crippen LogP contribution in [-0.2, 0) is 22.2 Å². The Bertz CT molecular complexity index is 1050. The third kappa shape index (κ3) is 6.58. The van der Waals surface area contributed by atoms with Crippen molar-refractivity contribution in [3.63, 3.8) is 0 Å². The van der Waals surface area contributed by atoms with Gasteiger partial charge in [-0.05, 0) is 54.5 Å². The lowest BCUT2D eigenvalue weighted by Crippen LogP contribution is -2.58. The van der Waals surface area contributed by atoms with E-state index in [9.17, 15) is 9.18 Å². The van der Waals surface area contributed by atoms with E-state index in [4.69, 9.17) is 9.47 Å². The van der Waals surface area contributed by atoms with Crippen LogP contribution in [0.5, 0.6) is 11.5 Å². The van der Waals surface area contributed by atoms with Crippen molar-refractivity contribution in [1.29, 1.82) is 0 Å². The van der Waals surface area contributed by atoms with Gasteiger partial charge < -0.3 is 14.4 Å². The van der Waals surface area contributed by atoms with E-state index in [-0.39, 0.29) is 41.2 Å². The first kappa shape index (κ1) is 28.0. The van der Waals surface area contributed by atoms with E-state index < -0.39 is 0 Å². The van der Waals surface area contributed by atoms with Crippen LogP contribution in [0.2, 0.25) is 0 Å². The minimum absolute atomic E-state index is 0.00594. The smallest absolute Gasteiger partial charge is 0.260 e. The number of nitrogens with zero attached hydrogens (tertiary/aromatic N) is 2. The zero-order valence-electron chi connectivity index (χ0n) is 23.4. The molecule has 1 fully saturated rings. The van der Waals surface area contributed by atoms with Crippen LogP contribution in [0.15, 0.2) is 36.4 Å². The van der Waals surface area contributed by atoms with E-state index in [1.54, 1.807) is 7.11 Å². The van der Waals surface area contributed by atoms with Crippen LogP contribution < -0.4 is 9.47 Å². The van der Waals surface area contributed by atoms with Gasteiger partial charge in [-0.1, -0.05) is 53.7 Å². The van der Waals surface area contributed by atoms with Crippen molar-refractivity contribution in [3.05, 3.63) is 58.9 Å². The molecule has 1 amide bonds. The van der Waals surface area contributed by atoms with E-state index >= 15 is 0 Å². The highest BCUT2D eigenvalue weighted by Gasteiger charge is 2.33. The molecule has 2 aromatic rings. The van der Waals surface area contributed by atoms with Crippen LogP contribution in [0.3, 0.4) is 0 Å². The fraction of sp³-hybridized carbons (Fsp3) is 0.567. The average molecular weight is 499 g/mol. The molecule has 2 aromatic carbocycles. The van der Waals surface area contributed by atoms with Crippen molar-refractivity contribution in [1.82, 2.24) is 9.80 Å². The summed E-state index contributed by atoms with van der Waals surface area (Å²) in [6, 6.07) is 11.0. The molecule has 1 aliphatic heterocycles. The Kier molecular flexibility index (Phi) is 8.39. The second-order valence-electron chi connectivity index (χ2n) is 12.1. The Morgan fingerprint density at radius 2 is 1.47 bits per heavy atom. The number of halogens is 1. The number of hydrogen-bond donors (Lipinski definition) is 0. The number of hydrogen-bond acceptors (Lipinski definition) is 4. The van der Waals surface area contributed by atoms with E-state index in [2.05, 4.69) is 66.4 Å². The molecule has 6 heteroatoms. The number of carbonyl (C=O) groups is 1. The van der Waals surface area contributed by atoms with Gasteiger partial charge in [0.2, 0.25) is 0 Å². The van der Waals surface area contributed by atoms with E-state index in [0.717, 1.165) is 41.3 Å². The van der Waals surface area contributed by atoms with Crippen LogP contribution >= 0.6 is 0 Å². The van der Waals surface area contributed by atoms with Crippen molar-refractivity contribution in [3.8, 4) is 11.5 Å². The summed E-state index contributed by atoms with van der Waals surface area (Å²) < 4.78 is 25.2. The molecule has 0 spiro atoms. The molecule has 1 saturated heterocycles. The van der Waals surface area contributed by atoms with E-state index in [1.165, 1.54) is 12.1 Å². The third-order valence-corrected chi connectivity index (χ3v) is 7.00. The number of methoxy groups -OCH3 is 1. The van der Waals surface area contributed by atoms with Gasteiger partial charge in [-0.3, -0.25) is 9.69 Å². The molecule has 3 rings (SSSR count). The van der Waals surface area contributed by atoms with Gasteiger partial charge in [0.25, 0.3) is 5.91 Å². The lowest BCUT2D eigenvalue weighted by atomic mass is 9.81. The summed E-state index contributed by atoms with van der Waals surface area (Å²) in [5.74, 6) is 1.34. The molecule has 0 radical (unpaired) electrons. The Balaban J connectivity index is 1.73. The molecule has 0 N–H and O–H groups in total. The molecule has 0 aliphatic carbocycles. The Hall–Kier alpha value is -2.60. The summed E-state index contributed by atoms with van der Waals surface area (Å²) in [6.45, 7) is 19.2. The fourth-order valence-corrected chi connectivity index (χ4v) is 4.83. The van der Waals surface area contributed by atoms with Gasteiger partial charge in [-0.25, -0.2) is 4.39 Å². The summed E-state index contributed by atoms with van der Waals surface area (Å²) >= 11 is 0. The van der Waals surface area contributed by atoms with E-state index in [1.807, 2.05) is 23.1 Å². The normalized spacial score (nSPS) is 19.3. The maximum atomic E-state index is 13.3. The molecule has 1 aliphatic rings. The minimum atomic E-state index is -0.225. The predicted octanol–water partition coefficient (Wildman–Crippen LogP) is 5.93. The van der Waals surface area contributed by atoms with Crippen molar-refractivity contribution < 1.29 is 18.7 Å². The number of piperazine rings is 1. The van der Waals surface area contributed by atoms with Crippen LogP contribution in [0.1, 0.15) is 72.1 Å². The van der Waals surface area contributed by atoms with Gasteiger partial charge in [0.1, 0.15) is 17.3 Å². The average Bonchev–Trinajstić information content (AvgIpc) is 2.79. The molecule has 1 heterocycles. The summed E-state index contributed by atoms with van der Waals surface area (Å²) in [4.78, 5) is 17.6. The summed E-state index contributed by atoms with van der Waals surface area (Å²) in [7, 11) is 1.69. The summed E-state index contributed by atoms with van der Waals surface area (Å²) in [5, 5.41) is 0. The molecule has 5 nitrogen and oxygen atoms in total. The zero-order valence-corrected chi connectivity index (χ0v) is 23.4. The molecule has 0 saturated carbocycles. The molecular weight excluding hydrogens is 455 g/mol. The summed E-state index contributed by atoms with van der Waals surface area (Å²) in [5.41, 5.74) is 2.84. The molecule has 0 bridgehead atoms. The second-order valence-corrected chi connectivity index (χ2v) is 12.1. The van der Waals surface area contributed by atoms with Crippen molar-refractivity contribution in [2.24, 2.45) is 0 Å². The molecular formula is C30H43FN2O3. The molecule has 198 valence electrons. The maximum Gasteiger partial charge on any atom is 0.260 e. The fourth-order valence-electron chi connectivity index (χ4n) is 4.83. The topological polar surface area (TPSA) is 42.0 Å². The largest absolute Gasteiger partial charge is 0.496 e. The van der Waals surface area contributed by atoms with Gasteiger partial charge in [0.05, 0.1) is 7.11 Å². The Labute approximate surface area is 216 Å². The predicted molar refractivity (Wildman–Crippen MR) is 143 cm³/mol. The quantitative estimate of drug-likeness (QED) is 0.495. The minimum Gasteiger partial charge on any atom is -0.496 e. The SMILES string of the molecule is COc1cc(C(C)(C)C)c(OCC(=O)N2CC(C)N(Cc3ccc(F)cc3)CC2C)cc1C(C)(C)C. The number of benzene rings is 2. The highest BCUT2D eigenvalue weighted by atomic mass is 19.1. The van der Waals surface area contributed by atoms with Crippen LogP contribution in [0.4, 0.5) is 4.39 Å². The van der Waals surface area contributed by atoms with Crippen LogP contribution in [-0.4, -0.2) is 54.6 Å². The third-order valence-electron chi connectivity index (χ3n) is 7.00. The van der Waals surface area contributed by atoms with Crippen molar-refractivity contribution in [2.75, 3.05) is 26.8 Å². The zero-order chi connectivity index (χ0) is 26.8. The van der Waals surface area contributed by atoms with Crippen molar-refractivity contribution >= 4 is 5.91 Å².